The van der Waals surface area contributed by atoms with Gasteiger partial charge in [-0.3, -0.25) is 10.1 Å². The molecular weight excluding hydrogens is 340 g/mol. The predicted molar refractivity (Wildman–Crippen MR) is 91.8 cm³/mol. The minimum absolute atomic E-state index is 0.0856. The fourth-order valence-electron chi connectivity index (χ4n) is 3.55. The van der Waals surface area contributed by atoms with Crippen LogP contribution in [0.25, 0.3) is 0 Å². The van der Waals surface area contributed by atoms with E-state index >= 15 is 0 Å². The highest BCUT2D eigenvalue weighted by Crippen LogP contribution is 2.40. The summed E-state index contributed by atoms with van der Waals surface area (Å²) >= 11 is 0. The number of hydrogen-bond acceptors (Lipinski definition) is 6. The van der Waals surface area contributed by atoms with Crippen molar-refractivity contribution in [2.45, 2.75) is 51.4 Å². The zero-order valence-corrected chi connectivity index (χ0v) is 15.0. The van der Waals surface area contributed by atoms with E-state index in [0.29, 0.717) is 18.9 Å². The summed E-state index contributed by atoms with van der Waals surface area (Å²) in [7, 11) is 0. The van der Waals surface area contributed by atoms with Crippen molar-refractivity contribution < 1.29 is 24.0 Å². The van der Waals surface area contributed by atoms with Crippen molar-refractivity contribution in [3.8, 4) is 0 Å². The summed E-state index contributed by atoms with van der Waals surface area (Å²) in [6.07, 6.45) is 0.727. The Kier molecular flexibility index (Phi) is 4.60. The van der Waals surface area contributed by atoms with Crippen LogP contribution in [0.2, 0.25) is 0 Å². The lowest BCUT2D eigenvalue weighted by atomic mass is 10.1. The molecule has 140 valence electrons. The lowest BCUT2D eigenvalue weighted by Crippen LogP contribution is -2.48. The van der Waals surface area contributed by atoms with Gasteiger partial charge in [-0.1, -0.05) is 0 Å². The summed E-state index contributed by atoms with van der Waals surface area (Å²) in [5.74, 6) is -0.247. The first kappa shape index (κ1) is 18.2. The van der Waals surface area contributed by atoms with Crippen molar-refractivity contribution >= 4 is 17.7 Å². The summed E-state index contributed by atoms with van der Waals surface area (Å²) in [4.78, 5) is 36.5. The average molecular weight is 362 g/mol. The van der Waals surface area contributed by atoms with Crippen LogP contribution in [0, 0.1) is 16.0 Å². The minimum Gasteiger partial charge on any atom is -0.457 e. The Balaban J connectivity index is 1.64. The third-order valence-corrected chi connectivity index (χ3v) is 4.63. The molecule has 26 heavy (non-hydrogen) atoms. The fraction of sp³-hybridized carbons (Fsp3) is 0.556. The number of nitro benzene ring substituents is 1. The Bertz CT molecular complexity index is 724. The SMILES string of the molecule is CC(C)(C)OC(=O)N1CC2CC(OC(=O)c3ccc([N+](=O)[O-])cc3)C1C2. The van der Waals surface area contributed by atoms with Crippen LogP contribution in [-0.2, 0) is 9.47 Å². The quantitative estimate of drug-likeness (QED) is 0.465. The third-order valence-electron chi connectivity index (χ3n) is 4.63. The van der Waals surface area contributed by atoms with Crippen LogP contribution in [0.5, 0.6) is 0 Å². The molecule has 8 heteroatoms. The number of carbonyl (C=O) groups excluding carboxylic acids is 2. The molecule has 1 saturated carbocycles. The van der Waals surface area contributed by atoms with Crippen molar-refractivity contribution in [3.05, 3.63) is 39.9 Å². The molecule has 3 rings (SSSR count). The van der Waals surface area contributed by atoms with Gasteiger partial charge in [0.15, 0.2) is 0 Å². The molecule has 0 spiro atoms. The van der Waals surface area contributed by atoms with E-state index in [4.69, 9.17) is 9.47 Å². The highest BCUT2D eigenvalue weighted by atomic mass is 16.6. The van der Waals surface area contributed by atoms with Gasteiger partial charge in [0.25, 0.3) is 5.69 Å². The normalized spacial score (nSPS) is 24.4. The minimum atomic E-state index is -0.580. The van der Waals surface area contributed by atoms with E-state index in [2.05, 4.69) is 0 Å². The molecule has 3 unspecified atom stereocenters. The zero-order valence-electron chi connectivity index (χ0n) is 15.0. The van der Waals surface area contributed by atoms with E-state index in [9.17, 15) is 19.7 Å². The van der Waals surface area contributed by atoms with Crippen molar-refractivity contribution in [3.63, 3.8) is 0 Å². The Morgan fingerprint density at radius 2 is 1.85 bits per heavy atom. The number of likely N-dealkylation sites (tertiary alicyclic amines) is 1. The van der Waals surface area contributed by atoms with Gasteiger partial charge in [-0.2, -0.15) is 0 Å². The molecule has 1 aromatic carbocycles. The second kappa shape index (κ2) is 6.59. The number of non-ortho nitro benzene ring substituents is 1. The van der Waals surface area contributed by atoms with E-state index in [1.165, 1.54) is 24.3 Å². The number of amides is 1. The molecule has 1 aliphatic carbocycles. The number of hydrogen-bond donors (Lipinski definition) is 0. The van der Waals surface area contributed by atoms with Crippen LogP contribution in [0.15, 0.2) is 24.3 Å². The van der Waals surface area contributed by atoms with E-state index in [1.54, 1.807) is 4.90 Å². The highest BCUT2D eigenvalue weighted by Gasteiger charge is 2.49. The number of nitro groups is 1. The highest BCUT2D eigenvalue weighted by molar-refractivity contribution is 5.89. The van der Waals surface area contributed by atoms with E-state index in [1.807, 2.05) is 20.8 Å². The van der Waals surface area contributed by atoms with Crippen LogP contribution in [0.1, 0.15) is 44.0 Å². The van der Waals surface area contributed by atoms with Gasteiger partial charge >= 0.3 is 12.1 Å². The number of piperidine rings is 1. The smallest absolute Gasteiger partial charge is 0.410 e. The third kappa shape index (κ3) is 3.79. The van der Waals surface area contributed by atoms with Gasteiger partial charge in [-0.15, -0.1) is 0 Å². The Morgan fingerprint density at radius 1 is 1.19 bits per heavy atom. The molecule has 0 radical (unpaired) electrons. The molecule has 3 atom stereocenters. The number of ether oxygens (including phenoxy) is 2. The van der Waals surface area contributed by atoms with E-state index in [0.717, 1.165) is 6.42 Å². The molecular formula is C18H22N2O6. The average Bonchev–Trinajstić information content (AvgIpc) is 3.13. The topological polar surface area (TPSA) is 99.0 Å². The van der Waals surface area contributed by atoms with E-state index in [-0.39, 0.29) is 29.5 Å². The number of benzene rings is 1. The van der Waals surface area contributed by atoms with Crippen molar-refractivity contribution in [1.82, 2.24) is 4.90 Å². The first-order valence-electron chi connectivity index (χ1n) is 8.59. The summed E-state index contributed by atoms with van der Waals surface area (Å²) in [5.41, 5.74) is -0.413. The van der Waals surface area contributed by atoms with E-state index < -0.39 is 16.5 Å². The maximum absolute atomic E-state index is 12.4. The van der Waals surface area contributed by atoms with Crippen LogP contribution in [0.4, 0.5) is 10.5 Å². The fourth-order valence-corrected chi connectivity index (χ4v) is 3.55. The molecule has 8 nitrogen and oxygen atoms in total. The Hall–Kier alpha value is -2.64. The lowest BCUT2D eigenvalue weighted by Gasteiger charge is -2.34. The van der Waals surface area contributed by atoms with Gasteiger partial charge in [0.2, 0.25) is 0 Å². The maximum Gasteiger partial charge on any atom is 0.410 e. The molecule has 0 N–H and O–H groups in total. The molecule has 1 aromatic rings. The van der Waals surface area contributed by atoms with Gasteiger partial charge in [-0.05, 0) is 51.7 Å². The number of fused-ring (bicyclic) bond motifs is 2. The molecule has 1 heterocycles. The molecule has 1 aliphatic heterocycles. The molecule has 0 aromatic heterocycles. The van der Waals surface area contributed by atoms with Gasteiger partial charge in [0.1, 0.15) is 11.7 Å². The second-order valence-electron chi connectivity index (χ2n) is 7.79. The number of esters is 1. The first-order valence-corrected chi connectivity index (χ1v) is 8.59. The summed E-state index contributed by atoms with van der Waals surface area (Å²) in [6, 6.07) is 5.10. The summed E-state index contributed by atoms with van der Waals surface area (Å²) < 4.78 is 11.0. The van der Waals surface area contributed by atoms with Gasteiger partial charge in [-0.25, -0.2) is 9.59 Å². The predicted octanol–water partition coefficient (Wildman–Crippen LogP) is 3.15. The monoisotopic (exact) mass is 362 g/mol. The van der Waals surface area contributed by atoms with Crippen LogP contribution in [0.3, 0.4) is 0 Å². The first-order chi connectivity index (χ1) is 12.1. The van der Waals surface area contributed by atoms with Crippen LogP contribution >= 0.6 is 0 Å². The van der Waals surface area contributed by atoms with Gasteiger partial charge in [0, 0.05) is 18.7 Å². The number of nitrogens with zero attached hydrogens (tertiary/aromatic N) is 2. The number of rotatable bonds is 3. The standard InChI is InChI=1S/C18H22N2O6/c1-18(2,3)26-17(22)19-10-11-8-14(19)15(9-11)25-16(21)12-4-6-13(7-5-12)20(23)24/h4-7,11,14-15H,8-10H2,1-3H3. The second-order valence-corrected chi connectivity index (χ2v) is 7.79. The summed E-state index contributed by atoms with van der Waals surface area (Å²) in [5, 5.41) is 10.7. The van der Waals surface area contributed by atoms with Crippen molar-refractivity contribution in [2.75, 3.05) is 6.54 Å². The Labute approximate surface area is 151 Å². The molecule has 2 fully saturated rings. The molecule has 2 aliphatic rings. The van der Waals surface area contributed by atoms with Gasteiger partial charge < -0.3 is 14.4 Å². The van der Waals surface area contributed by atoms with Gasteiger partial charge in [0.05, 0.1) is 16.5 Å². The number of carbonyl (C=O) groups is 2. The molecule has 2 bridgehead atoms. The lowest BCUT2D eigenvalue weighted by molar-refractivity contribution is -0.384. The van der Waals surface area contributed by atoms with Crippen molar-refractivity contribution in [1.29, 1.82) is 0 Å². The largest absolute Gasteiger partial charge is 0.457 e. The molecule has 1 saturated heterocycles. The van der Waals surface area contributed by atoms with Crippen molar-refractivity contribution in [2.24, 2.45) is 5.92 Å². The van der Waals surface area contributed by atoms with Crippen LogP contribution < -0.4 is 0 Å². The van der Waals surface area contributed by atoms with Crippen LogP contribution in [-0.4, -0.2) is 46.2 Å². The maximum atomic E-state index is 12.4. The molecule has 1 amide bonds. The zero-order chi connectivity index (χ0) is 19.1. The summed E-state index contributed by atoms with van der Waals surface area (Å²) in [6.45, 7) is 6.05. The Morgan fingerprint density at radius 3 is 2.38 bits per heavy atom.